The third-order valence-corrected chi connectivity index (χ3v) is 12.4. The molecule has 3 heteroatoms. The summed E-state index contributed by atoms with van der Waals surface area (Å²) in [4.78, 5) is 0. The van der Waals surface area contributed by atoms with Gasteiger partial charge in [-0.05, 0) is 54.0 Å². The van der Waals surface area contributed by atoms with Crippen molar-refractivity contribution in [2.75, 3.05) is 0 Å². The fourth-order valence-corrected chi connectivity index (χ4v) is 10.3. The van der Waals surface area contributed by atoms with Gasteiger partial charge < -0.3 is 9.13 Å². The summed E-state index contributed by atoms with van der Waals surface area (Å²) in [5, 5.41) is 7.84. The van der Waals surface area contributed by atoms with Crippen molar-refractivity contribution in [1.82, 2.24) is 9.13 Å². The summed E-state index contributed by atoms with van der Waals surface area (Å²) in [5.41, 5.74) is 9.99. The van der Waals surface area contributed by atoms with Gasteiger partial charge in [-0.1, -0.05) is 140 Å². The van der Waals surface area contributed by atoms with Crippen LogP contribution in [0.4, 0.5) is 0 Å². The molecule has 0 N–H and O–H groups in total. The predicted molar refractivity (Wildman–Crippen MR) is 215 cm³/mol. The Morgan fingerprint density at radius 1 is 0.580 bits per heavy atom. The minimum atomic E-state index is -0.241. The number of nitrogens with zero attached hydrogens (tertiary/aromatic N) is 2. The van der Waals surface area contributed by atoms with Crippen LogP contribution in [0.2, 0.25) is 0 Å². The molecule has 2 nitrogen and oxygen atoms in total. The molecule has 50 heavy (non-hydrogen) atoms. The molecule has 236 valence electrons. The molecule has 0 amide bonds. The van der Waals surface area contributed by atoms with Crippen molar-refractivity contribution in [2.45, 2.75) is 13.0 Å². The summed E-state index contributed by atoms with van der Waals surface area (Å²) >= 11 is 1.94. The maximum Gasteiger partial charge on any atom is 0.0679 e. The minimum Gasteiger partial charge on any atom is -0.331 e. The highest BCUT2D eigenvalue weighted by molar-refractivity contribution is 7.26. The Hall–Kier alpha value is -5.90. The van der Waals surface area contributed by atoms with Crippen molar-refractivity contribution in [2.24, 2.45) is 5.41 Å². The Morgan fingerprint density at radius 3 is 2.06 bits per heavy atom. The van der Waals surface area contributed by atoms with Crippen molar-refractivity contribution in [3.05, 3.63) is 181 Å². The largest absolute Gasteiger partial charge is 0.331 e. The molecule has 0 bridgehead atoms. The zero-order chi connectivity index (χ0) is 33.0. The van der Waals surface area contributed by atoms with Crippen LogP contribution < -0.4 is 0 Å². The van der Waals surface area contributed by atoms with Crippen LogP contribution in [0.15, 0.2) is 175 Å². The van der Waals surface area contributed by atoms with E-state index in [1.54, 1.807) is 0 Å². The Morgan fingerprint density at radius 2 is 1.24 bits per heavy atom. The molecule has 0 saturated heterocycles. The maximum absolute atomic E-state index is 2.66. The van der Waals surface area contributed by atoms with E-state index in [4.69, 9.17) is 0 Å². The molecular weight excluding hydrogens is 625 g/mol. The number of hydrogen-bond acceptors (Lipinski definition) is 1. The zero-order valence-electron chi connectivity index (χ0n) is 27.5. The molecule has 0 radical (unpaired) electrons. The number of thiophene rings is 1. The Kier molecular flexibility index (Phi) is 5.77. The molecule has 0 aliphatic heterocycles. The average molecular weight is 657 g/mol. The standard InChI is InChI=1S/C47H32N2S/c1-47-29-13-12-20-38(47)32(30-14-4-2-5-15-30)26-28-42(47)49-40-22-11-9-19-34(40)36-23-24-37-43-41(50-46(37)45(36)49)27-25-35-33-18-8-10-21-39(33)48(44(35)43)31-16-6-3-7-17-31/h2-29,42H,1H3. The van der Waals surface area contributed by atoms with Crippen LogP contribution in [0.1, 0.15) is 18.5 Å². The summed E-state index contributed by atoms with van der Waals surface area (Å²) < 4.78 is 7.80. The van der Waals surface area contributed by atoms with Gasteiger partial charge in [-0.25, -0.2) is 0 Å². The lowest BCUT2D eigenvalue weighted by atomic mass is 9.67. The van der Waals surface area contributed by atoms with Gasteiger partial charge in [0.05, 0.1) is 27.3 Å². The molecule has 2 unspecified atom stereocenters. The Bertz CT molecular complexity index is 2980. The lowest BCUT2D eigenvalue weighted by molar-refractivity contribution is 0.380. The van der Waals surface area contributed by atoms with E-state index in [1.165, 1.54) is 86.2 Å². The van der Waals surface area contributed by atoms with Crippen LogP contribution in [-0.2, 0) is 0 Å². The van der Waals surface area contributed by atoms with Crippen molar-refractivity contribution in [1.29, 1.82) is 0 Å². The van der Waals surface area contributed by atoms with Gasteiger partial charge in [-0.2, -0.15) is 0 Å². The molecular formula is C47H32N2S. The lowest BCUT2D eigenvalue weighted by Gasteiger charge is -2.41. The second-order valence-corrected chi connectivity index (χ2v) is 14.9. The minimum absolute atomic E-state index is 0.0835. The van der Waals surface area contributed by atoms with E-state index in [9.17, 15) is 0 Å². The second kappa shape index (κ2) is 10.3. The fraction of sp³-hybridized carbons (Fsp3) is 0.0638. The molecule has 0 saturated carbocycles. The van der Waals surface area contributed by atoms with Gasteiger partial charge in [0.15, 0.2) is 0 Å². The van der Waals surface area contributed by atoms with Gasteiger partial charge in [-0.15, -0.1) is 11.3 Å². The van der Waals surface area contributed by atoms with Gasteiger partial charge in [0.1, 0.15) is 0 Å². The molecule has 3 aromatic heterocycles. The summed E-state index contributed by atoms with van der Waals surface area (Å²) in [6.07, 6.45) is 14.0. The van der Waals surface area contributed by atoms with Crippen LogP contribution in [-0.4, -0.2) is 9.13 Å². The van der Waals surface area contributed by atoms with E-state index in [1.807, 2.05) is 11.3 Å². The van der Waals surface area contributed by atoms with E-state index in [2.05, 4.69) is 186 Å². The topological polar surface area (TPSA) is 9.86 Å². The summed E-state index contributed by atoms with van der Waals surface area (Å²) in [5.74, 6) is 0. The van der Waals surface area contributed by atoms with E-state index in [0.29, 0.717) is 0 Å². The first-order valence-electron chi connectivity index (χ1n) is 17.4. The first-order valence-corrected chi connectivity index (χ1v) is 18.2. The summed E-state index contributed by atoms with van der Waals surface area (Å²) in [6.45, 7) is 2.42. The predicted octanol–water partition coefficient (Wildman–Crippen LogP) is 13.0. The highest BCUT2D eigenvalue weighted by Gasteiger charge is 2.40. The molecule has 9 aromatic rings. The van der Waals surface area contributed by atoms with Gasteiger partial charge in [0.25, 0.3) is 0 Å². The highest BCUT2D eigenvalue weighted by atomic mass is 32.1. The van der Waals surface area contributed by atoms with E-state index >= 15 is 0 Å². The maximum atomic E-state index is 2.66. The molecule has 11 rings (SSSR count). The van der Waals surface area contributed by atoms with Crippen molar-refractivity contribution < 1.29 is 0 Å². The summed E-state index contributed by atoms with van der Waals surface area (Å²) in [7, 11) is 0. The smallest absolute Gasteiger partial charge is 0.0679 e. The third kappa shape index (κ3) is 3.68. The first-order chi connectivity index (χ1) is 24.7. The number of fused-ring (bicyclic) bond motifs is 12. The van der Waals surface area contributed by atoms with Gasteiger partial charge in [0.2, 0.25) is 0 Å². The molecule has 0 fully saturated rings. The number of para-hydroxylation sites is 3. The van der Waals surface area contributed by atoms with E-state index in [0.717, 1.165) is 0 Å². The summed E-state index contributed by atoms with van der Waals surface area (Å²) in [6, 6.07) is 49.1. The van der Waals surface area contributed by atoms with Crippen molar-refractivity contribution in [3.8, 4) is 5.69 Å². The van der Waals surface area contributed by atoms with Crippen molar-refractivity contribution in [3.63, 3.8) is 0 Å². The number of hydrogen-bond donors (Lipinski definition) is 0. The molecule has 6 aromatic carbocycles. The van der Waals surface area contributed by atoms with Crippen LogP contribution in [0, 0.1) is 5.41 Å². The second-order valence-electron chi connectivity index (χ2n) is 13.8. The van der Waals surface area contributed by atoms with Crippen molar-refractivity contribution >= 4 is 80.7 Å². The van der Waals surface area contributed by atoms with Gasteiger partial charge >= 0.3 is 0 Å². The lowest BCUT2D eigenvalue weighted by Crippen LogP contribution is -2.32. The molecule has 3 heterocycles. The monoisotopic (exact) mass is 656 g/mol. The molecule has 0 spiro atoms. The SMILES string of the molecule is CC12C=CC=CC1=C(c1ccccc1)C=CC2n1c2ccccc2c2ccc3c(sc4ccc5c6ccccc6n(-c6ccccc6)c5c43)c21. The van der Waals surface area contributed by atoms with E-state index < -0.39 is 0 Å². The number of aromatic nitrogens is 2. The van der Waals surface area contributed by atoms with Crippen LogP contribution in [0.3, 0.4) is 0 Å². The first kappa shape index (κ1) is 28.0. The number of benzene rings is 6. The average Bonchev–Trinajstić information content (AvgIpc) is 3.82. The number of allylic oxidation sites excluding steroid dienone is 8. The highest BCUT2D eigenvalue weighted by Crippen LogP contribution is 2.54. The Labute approximate surface area is 293 Å². The molecule has 2 aliphatic carbocycles. The molecule has 2 atom stereocenters. The van der Waals surface area contributed by atoms with Crippen LogP contribution in [0.25, 0.3) is 75.0 Å². The zero-order valence-corrected chi connectivity index (χ0v) is 28.4. The normalized spacial score (nSPS) is 18.9. The fourth-order valence-electron chi connectivity index (χ4n) is 9.00. The van der Waals surface area contributed by atoms with Crippen LogP contribution >= 0.6 is 11.3 Å². The Balaban J connectivity index is 1.26. The number of rotatable bonds is 3. The van der Waals surface area contributed by atoms with Gasteiger partial charge in [-0.3, -0.25) is 0 Å². The quantitative estimate of drug-likeness (QED) is 0.179. The third-order valence-electron chi connectivity index (χ3n) is 11.2. The van der Waals surface area contributed by atoms with Gasteiger partial charge in [0, 0.05) is 53.6 Å². The molecule has 2 aliphatic rings. The van der Waals surface area contributed by atoms with Crippen LogP contribution in [0.5, 0.6) is 0 Å². The van der Waals surface area contributed by atoms with E-state index in [-0.39, 0.29) is 11.5 Å².